The predicted octanol–water partition coefficient (Wildman–Crippen LogP) is 1.41. The number of hydrogen-bond acceptors (Lipinski definition) is 5. The van der Waals surface area contributed by atoms with E-state index in [1.807, 2.05) is 13.8 Å². The summed E-state index contributed by atoms with van der Waals surface area (Å²) in [6, 6.07) is 2.00. The molecule has 118 valence electrons. The van der Waals surface area contributed by atoms with Crippen LogP contribution in [0.15, 0.2) is 11.0 Å². The van der Waals surface area contributed by atoms with Crippen LogP contribution in [0.3, 0.4) is 0 Å². The van der Waals surface area contributed by atoms with Crippen LogP contribution in [-0.4, -0.2) is 54.4 Å². The van der Waals surface area contributed by atoms with E-state index >= 15 is 0 Å². The second-order valence-electron chi connectivity index (χ2n) is 6.01. The Balaban J connectivity index is 1.91. The van der Waals surface area contributed by atoms with Gasteiger partial charge in [0.15, 0.2) is 0 Å². The number of sulfonamides is 1. The fourth-order valence-electron chi connectivity index (χ4n) is 3.48. The fraction of sp³-hybridized carbons (Fsp3) is 0.714. The van der Waals surface area contributed by atoms with E-state index in [4.69, 9.17) is 0 Å². The molecule has 0 radical (unpaired) electrons. The number of aliphatic hydroxyl groups excluding tert-OH is 1. The van der Waals surface area contributed by atoms with Crippen LogP contribution in [-0.2, 0) is 16.6 Å². The van der Waals surface area contributed by atoms with E-state index in [1.165, 1.54) is 11.3 Å². The minimum absolute atomic E-state index is 0.00114. The van der Waals surface area contributed by atoms with Crippen LogP contribution in [0.5, 0.6) is 0 Å². The molecule has 0 bridgehead atoms. The number of aliphatic hydroxyl groups is 1. The van der Waals surface area contributed by atoms with Crippen molar-refractivity contribution in [3.05, 3.63) is 15.8 Å². The molecule has 2 atom stereocenters. The molecule has 0 amide bonds. The molecule has 1 aromatic rings. The minimum atomic E-state index is -3.46. The van der Waals surface area contributed by atoms with E-state index in [-0.39, 0.29) is 12.6 Å². The summed E-state index contributed by atoms with van der Waals surface area (Å²) in [4.78, 5) is 4.25. The summed E-state index contributed by atoms with van der Waals surface area (Å²) in [5.74, 6) is 0. The number of rotatable bonds is 3. The van der Waals surface area contributed by atoms with Crippen LogP contribution >= 0.6 is 11.3 Å². The molecule has 0 aliphatic carbocycles. The summed E-state index contributed by atoms with van der Waals surface area (Å²) in [6.07, 6.45) is 2.25. The summed E-state index contributed by atoms with van der Waals surface area (Å²) in [6.45, 7) is 6.20. The van der Waals surface area contributed by atoms with E-state index in [0.717, 1.165) is 30.8 Å². The van der Waals surface area contributed by atoms with E-state index in [0.29, 0.717) is 22.4 Å². The lowest BCUT2D eigenvalue weighted by Crippen LogP contribution is -2.56. The Hall–Kier alpha value is -0.470. The van der Waals surface area contributed by atoms with Gasteiger partial charge in [-0.2, -0.15) is 4.31 Å². The Morgan fingerprint density at radius 1 is 1.43 bits per heavy atom. The molecule has 3 rings (SSSR count). The highest BCUT2D eigenvalue weighted by Crippen LogP contribution is 2.33. The predicted molar refractivity (Wildman–Crippen MR) is 82.9 cm³/mol. The maximum atomic E-state index is 13.0. The minimum Gasteiger partial charge on any atom is -0.391 e. The molecule has 2 fully saturated rings. The molecule has 2 unspecified atom stereocenters. The summed E-state index contributed by atoms with van der Waals surface area (Å²) < 4.78 is 27.6. The zero-order valence-corrected chi connectivity index (χ0v) is 14.1. The third-order valence-electron chi connectivity index (χ3n) is 4.55. The van der Waals surface area contributed by atoms with Crippen molar-refractivity contribution in [1.82, 2.24) is 9.21 Å². The first-order chi connectivity index (χ1) is 9.93. The van der Waals surface area contributed by atoms with Crippen molar-refractivity contribution >= 4 is 21.4 Å². The first-order valence-electron chi connectivity index (χ1n) is 7.39. The van der Waals surface area contributed by atoms with Gasteiger partial charge in [0, 0.05) is 34.9 Å². The molecule has 1 N–H and O–H groups in total. The lowest BCUT2D eigenvalue weighted by atomic mass is 10.1. The average molecular weight is 330 g/mol. The van der Waals surface area contributed by atoms with Crippen molar-refractivity contribution < 1.29 is 13.5 Å². The Kier molecular flexibility index (Phi) is 4.13. The van der Waals surface area contributed by atoms with Gasteiger partial charge in [0.1, 0.15) is 0 Å². The third kappa shape index (κ3) is 2.66. The molecule has 7 heteroatoms. The zero-order chi connectivity index (χ0) is 15.2. The molecular weight excluding hydrogens is 308 g/mol. The van der Waals surface area contributed by atoms with E-state index in [9.17, 15) is 13.5 Å². The second-order valence-corrected chi connectivity index (χ2v) is 9.21. The van der Waals surface area contributed by atoms with Crippen LogP contribution in [0.2, 0.25) is 0 Å². The maximum Gasteiger partial charge on any atom is 0.244 e. The maximum absolute atomic E-state index is 13.0. The van der Waals surface area contributed by atoms with Crippen molar-refractivity contribution in [2.24, 2.45) is 0 Å². The van der Waals surface area contributed by atoms with E-state index in [1.54, 1.807) is 10.4 Å². The Labute approximate surface area is 130 Å². The van der Waals surface area contributed by atoms with Gasteiger partial charge >= 0.3 is 0 Å². The van der Waals surface area contributed by atoms with Gasteiger partial charge in [0.05, 0.1) is 11.5 Å². The number of fused-ring (bicyclic) bond motifs is 1. The molecule has 3 heterocycles. The monoisotopic (exact) mass is 330 g/mol. The quantitative estimate of drug-likeness (QED) is 0.910. The first kappa shape index (κ1) is 15.4. The Morgan fingerprint density at radius 3 is 2.86 bits per heavy atom. The molecular formula is C14H22N2O3S2. The van der Waals surface area contributed by atoms with Crippen LogP contribution in [0.4, 0.5) is 0 Å². The van der Waals surface area contributed by atoms with Crippen LogP contribution < -0.4 is 0 Å². The summed E-state index contributed by atoms with van der Waals surface area (Å²) in [5.41, 5.74) is 0. The number of nitrogens with zero attached hydrogens (tertiary/aromatic N) is 2. The number of thiophene rings is 1. The van der Waals surface area contributed by atoms with Crippen molar-refractivity contribution in [3.63, 3.8) is 0 Å². The molecule has 2 saturated heterocycles. The van der Waals surface area contributed by atoms with Crippen molar-refractivity contribution in [1.29, 1.82) is 0 Å². The summed E-state index contributed by atoms with van der Waals surface area (Å²) in [7, 11) is -3.46. The molecule has 2 aliphatic rings. The van der Waals surface area contributed by atoms with Gasteiger partial charge in [-0.1, -0.05) is 0 Å². The normalized spacial score (nSPS) is 28.0. The van der Waals surface area contributed by atoms with Gasteiger partial charge in [0.25, 0.3) is 0 Å². The number of aryl methyl sites for hydroxylation is 1. The highest BCUT2D eigenvalue weighted by atomic mass is 32.2. The van der Waals surface area contributed by atoms with Crippen molar-refractivity contribution in [2.75, 3.05) is 19.6 Å². The first-order valence-corrected chi connectivity index (χ1v) is 9.65. The average Bonchev–Trinajstić information content (AvgIpc) is 3.03. The van der Waals surface area contributed by atoms with Crippen LogP contribution in [0.25, 0.3) is 0 Å². The number of piperazine rings is 1. The molecule has 1 aromatic heterocycles. The highest BCUT2D eigenvalue weighted by molar-refractivity contribution is 7.89. The zero-order valence-electron chi connectivity index (χ0n) is 12.4. The summed E-state index contributed by atoms with van der Waals surface area (Å²) >= 11 is 1.36. The molecule has 0 aromatic carbocycles. The lowest BCUT2D eigenvalue weighted by molar-refractivity contribution is 0.117. The van der Waals surface area contributed by atoms with E-state index < -0.39 is 10.0 Å². The Morgan fingerprint density at radius 2 is 2.19 bits per heavy atom. The van der Waals surface area contributed by atoms with Crippen molar-refractivity contribution in [3.8, 4) is 0 Å². The lowest BCUT2D eigenvalue weighted by Gasteiger charge is -2.41. The Bertz CT molecular complexity index is 626. The smallest absolute Gasteiger partial charge is 0.244 e. The van der Waals surface area contributed by atoms with Crippen LogP contribution in [0.1, 0.15) is 29.5 Å². The third-order valence-corrected chi connectivity index (χ3v) is 7.82. The fourth-order valence-corrected chi connectivity index (χ4v) is 6.61. The topological polar surface area (TPSA) is 60.9 Å². The van der Waals surface area contributed by atoms with Gasteiger partial charge < -0.3 is 5.11 Å². The van der Waals surface area contributed by atoms with Crippen molar-refractivity contribution in [2.45, 2.75) is 50.3 Å². The molecule has 21 heavy (non-hydrogen) atoms. The molecule has 0 saturated carbocycles. The second kappa shape index (κ2) is 5.62. The van der Waals surface area contributed by atoms with Crippen LogP contribution in [0, 0.1) is 6.92 Å². The largest absolute Gasteiger partial charge is 0.391 e. The summed E-state index contributed by atoms with van der Waals surface area (Å²) in [5, 5.41) is 9.22. The van der Waals surface area contributed by atoms with E-state index in [2.05, 4.69) is 4.90 Å². The SMILES string of the molecule is Cc1sc(CO)cc1S(=O)(=O)N1CC2CCCN2CC1C. The molecule has 0 spiro atoms. The van der Waals surface area contributed by atoms with Gasteiger partial charge in [-0.3, -0.25) is 4.90 Å². The highest BCUT2D eigenvalue weighted by Gasteiger charge is 2.41. The van der Waals surface area contributed by atoms with Gasteiger partial charge in [0.2, 0.25) is 10.0 Å². The molecule has 2 aliphatic heterocycles. The molecule has 5 nitrogen and oxygen atoms in total. The standard InChI is InChI=1S/C14H22N2O3S2/c1-10-7-15-5-3-4-12(15)8-16(10)21(18,19)14-6-13(9-17)20-11(14)2/h6,10,12,17H,3-5,7-9H2,1-2H3. The number of hydrogen-bond donors (Lipinski definition) is 1. The van der Waals surface area contributed by atoms with Gasteiger partial charge in [-0.25, -0.2) is 8.42 Å². The van der Waals surface area contributed by atoms with Gasteiger partial charge in [-0.15, -0.1) is 11.3 Å². The van der Waals surface area contributed by atoms with Gasteiger partial charge in [-0.05, 0) is 39.3 Å².